The van der Waals surface area contributed by atoms with Crippen molar-refractivity contribution >= 4 is 17.5 Å². The quantitative estimate of drug-likeness (QED) is 0.589. The van der Waals surface area contributed by atoms with E-state index in [2.05, 4.69) is 24.3 Å². The fourth-order valence-electron chi connectivity index (χ4n) is 6.07. The molecule has 3 fully saturated rings. The van der Waals surface area contributed by atoms with Crippen LogP contribution in [0.25, 0.3) is 0 Å². The molecule has 1 heterocycles. The molecule has 3 heteroatoms. The molecule has 1 aromatic carbocycles. The average Bonchev–Trinajstić information content (AvgIpc) is 3.39. The molecule has 1 saturated heterocycles. The molecule has 1 aromatic rings. The number of hydrogen-bond donors (Lipinski definition) is 0. The molecule has 0 N–H and O–H groups in total. The van der Waals surface area contributed by atoms with E-state index in [9.17, 15) is 9.59 Å². The van der Waals surface area contributed by atoms with Crippen molar-refractivity contribution in [2.75, 3.05) is 4.90 Å². The first-order chi connectivity index (χ1) is 11.7. The highest BCUT2D eigenvalue weighted by Gasteiger charge is 2.67. The molecule has 2 amide bonds. The summed E-state index contributed by atoms with van der Waals surface area (Å²) < 4.78 is 0. The number of anilines is 1. The Labute approximate surface area is 141 Å². The van der Waals surface area contributed by atoms with Crippen molar-refractivity contribution in [3.63, 3.8) is 0 Å². The zero-order chi connectivity index (χ0) is 16.0. The predicted octanol–water partition coefficient (Wildman–Crippen LogP) is 3.12. The molecule has 2 saturated carbocycles. The molecular formula is C21H21NO2. The number of rotatable bonds is 1. The summed E-state index contributed by atoms with van der Waals surface area (Å²) in [5.41, 5.74) is 3.54. The van der Waals surface area contributed by atoms with Crippen LogP contribution >= 0.6 is 0 Å². The van der Waals surface area contributed by atoms with Gasteiger partial charge in [-0.05, 0) is 79.0 Å². The number of benzene rings is 1. The third kappa shape index (κ3) is 1.54. The molecule has 0 aromatic heterocycles. The molecule has 6 atom stereocenters. The topological polar surface area (TPSA) is 37.4 Å². The van der Waals surface area contributed by atoms with E-state index >= 15 is 0 Å². The Morgan fingerprint density at radius 3 is 2.12 bits per heavy atom. The summed E-state index contributed by atoms with van der Waals surface area (Å²) in [7, 11) is 0. The molecule has 2 bridgehead atoms. The largest absolute Gasteiger partial charge is 0.274 e. The SMILES string of the molecule is O=C1[C@H]2[C@@H]3C=C[C@H]([C@H]4C[C@H]34)[C@@H]2C(=O)N1c1ccc2c(c1)CCCC2. The highest BCUT2D eigenvalue weighted by Crippen LogP contribution is 2.65. The average molecular weight is 319 g/mol. The number of allylic oxidation sites excluding steroid dienone is 2. The fourth-order valence-corrected chi connectivity index (χ4v) is 6.07. The lowest BCUT2D eigenvalue weighted by Crippen LogP contribution is -2.40. The minimum absolute atomic E-state index is 0.0606. The van der Waals surface area contributed by atoms with Gasteiger partial charge in [0.05, 0.1) is 17.5 Å². The number of carbonyl (C=O) groups excluding carboxylic acids is 2. The molecule has 7 rings (SSSR count). The first-order valence-corrected chi connectivity index (χ1v) is 9.42. The van der Waals surface area contributed by atoms with Gasteiger partial charge in [-0.2, -0.15) is 0 Å². The van der Waals surface area contributed by atoms with E-state index in [1.54, 1.807) is 0 Å². The first-order valence-electron chi connectivity index (χ1n) is 9.42. The van der Waals surface area contributed by atoms with E-state index in [0.717, 1.165) is 18.5 Å². The van der Waals surface area contributed by atoms with Crippen LogP contribution in [-0.4, -0.2) is 11.8 Å². The van der Waals surface area contributed by atoms with Crippen LogP contribution in [0.15, 0.2) is 30.4 Å². The lowest BCUT2D eigenvalue weighted by Gasteiger charge is -2.37. The second-order valence-corrected chi connectivity index (χ2v) is 8.33. The van der Waals surface area contributed by atoms with Crippen LogP contribution in [0.5, 0.6) is 0 Å². The summed E-state index contributed by atoms with van der Waals surface area (Å²) in [5.74, 6) is 1.90. The number of aryl methyl sites for hydroxylation is 2. The van der Waals surface area contributed by atoms with Crippen molar-refractivity contribution in [3.8, 4) is 0 Å². The second kappa shape index (κ2) is 4.38. The van der Waals surface area contributed by atoms with Gasteiger partial charge < -0.3 is 0 Å². The van der Waals surface area contributed by atoms with Gasteiger partial charge in [0.25, 0.3) is 0 Å². The summed E-state index contributed by atoms with van der Waals surface area (Å²) in [6.07, 6.45) is 10.3. The summed E-state index contributed by atoms with van der Waals surface area (Å²) in [4.78, 5) is 27.8. The number of carbonyl (C=O) groups is 2. The maximum Gasteiger partial charge on any atom is 0.238 e. The molecular weight excluding hydrogens is 298 g/mol. The van der Waals surface area contributed by atoms with E-state index < -0.39 is 0 Å². The molecule has 0 spiro atoms. The van der Waals surface area contributed by atoms with E-state index in [1.807, 2.05) is 6.07 Å². The lowest BCUT2D eigenvalue weighted by atomic mass is 9.63. The molecule has 5 aliphatic carbocycles. The Hall–Kier alpha value is -1.90. The maximum absolute atomic E-state index is 13.1. The first kappa shape index (κ1) is 13.4. The van der Waals surface area contributed by atoms with Gasteiger partial charge in [-0.25, -0.2) is 0 Å². The summed E-state index contributed by atoms with van der Waals surface area (Å²) in [5, 5.41) is 0. The highest BCUT2D eigenvalue weighted by atomic mass is 16.2. The monoisotopic (exact) mass is 319 g/mol. The van der Waals surface area contributed by atoms with Gasteiger partial charge >= 0.3 is 0 Å². The highest BCUT2D eigenvalue weighted by molar-refractivity contribution is 6.22. The Balaban J connectivity index is 1.41. The maximum atomic E-state index is 13.1. The minimum atomic E-state index is -0.0905. The summed E-state index contributed by atoms with van der Waals surface area (Å²) in [6.45, 7) is 0. The van der Waals surface area contributed by atoms with Crippen LogP contribution in [-0.2, 0) is 22.4 Å². The normalized spacial score (nSPS) is 41.2. The van der Waals surface area contributed by atoms with Gasteiger partial charge in [-0.1, -0.05) is 18.2 Å². The van der Waals surface area contributed by atoms with Gasteiger partial charge in [0, 0.05) is 0 Å². The van der Waals surface area contributed by atoms with Gasteiger partial charge in [0.1, 0.15) is 0 Å². The molecule has 6 aliphatic rings. The fraction of sp³-hybridized carbons (Fsp3) is 0.524. The van der Waals surface area contributed by atoms with Crippen LogP contribution in [0.2, 0.25) is 0 Å². The van der Waals surface area contributed by atoms with Crippen LogP contribution < -0.4 is 4.90 Å². The number of imide groups is 1. The Morgan fingerprint density at radius 2 is 1.46 bits per heavy atom. The number of amides is 2. The van der Waals surface area contributed by atoms with Crippen LogP contribution in [0, 0.1) is 35.5 Å². The summed E-state index contributed by atoms with van der Waals surface area (Å²) >= 11 is 0. The Kier molecular flexibility index (Phi) is 2.45. The van der Waals surface area contributed by atoms with Crippen LogP contribution in [0.4, 0.5) is 5.69 Å². The smallest absolute Gasteiger partial charge is 0.238 e. The van der Waals surface area contributed by atoms with Gasteiger partial charge in [0.2, 0.25) is 11.8 Å². The van der Waals surface area contributed by atoms with Crippen LogP contribution in [0.3, 0.4) is 0 Å². The Morgan fingerprint density at radius 1 is 0.833 bits per heavy atom. The van der Waals surface area contributed by atoms with Crippen molar-refractivity contribution in [2.24, 2.45) is 35.5 Å². The number of fused-ring (bicyclic) bond motifs is 1. The van der Waals surface area contributed by atoms with Crippen molar-refractivity contribution in [3.05, 3.63) is 41.5 Å². The molecule has 24 heavy (non-hydrogen) atoms. The minimum Gasteiger partial charge on any atom is -0.274 e. The van der Waals surface area contributed by atoms with E-state index in [-0.39, 0.29) is 23.7 Å². The number of nitrogens with zero attached hydrogens (tertiary/aromatic N) is 1. The van der Waals surface area contributed by atoms with E-state index in [0.29, 0.717) is 23.7 Å². The molecule has 3 nitrogen and oxygen atoms in total. The third-order valence-electron chi connectivity index (χ3n) is 7.25. The zero-order valence-electron chi connectivity index (χ0n) is 13.7. The molecule has 122 valence electrons. The second-order valence-electron chi connectivity index (χ2n) is 8.33. The van der Waals surface area contributed by atoms with Crippen molar-refractivity contribution < 1.29 is 9.59 Å². The third-order valence-corrected chi connectivity index (χ3v) is 7.25. The molecule has 0 unspecified atom stereocenters. The lowest BCUT2D eigenvalue weighted by molar-refractivity contribution is -0.124. The van der Waals surface area contributed by atoms with Crippen molar-refractivity contribution in [1.29, 1.82) is 0 Å². The van der Waals surface area contributed by atoms with Gasteiger partial charge in [0.15, 0.2) is 0 Å². The number of hydrogen-bond acceptors (Lipinski definition) is 2. The van der Waals surface area contributed by atoms with E-state index in [1.165, 1.54) is 35.3 Å². The standard InChI is InChI=1S/C21H21NO2/c23-20-18-14-7-8-15(17-10-16(14)17)19(18)21(24)22(20)13-6-5-11-3-1-2-4-12(11)9-13/h5-9,14-19H,1-4,10H2/t14-,15-,16-,17-,18+,19+/m1/s1. The molecule has 0 radical (unpaired) electrons. The molecule has 1 aliphatic heterocycles. The predicted molar refractivity (Wildman–Crippen MR) is 90.3 cm³/mol. The van der Waals surface area contributed by atoms with Crippen LogP contribution in [0.1, 0.15) is 30.4 Å². The summed E-state index contributed by atoms with van der Waals surface area (Å²) in [6, 6.07) is 6.24. The van der Waals surface area contributed by atoms with Gasteiger partial charge in [-0.3, -0.25) is 14.5 Å². The van der Waals surface area contributed by atoms with Gasteiger partial charge in [-0.15, -0.1) is 0 Å². The zero-order valence-corrected chi connectivity index (χ0v) is 13.7. The van der Waals surface area contributed by atoms with Crippen molar-refractivity contribution in [1.82, 2.24) is 0 Å². The van der Waals surface area contributed by atoms with E-state index in [4.69, 9.17) is 0 Å². The Bertz CT molecular complexity index is 774. The van der Waals surface area contributed by atoms with Crippen molar-refractivity contribution in [2.45, 2.75) is 32.1 Å².